The number of hydrogen-bond acceptors (Lipinski definition) is 4. The van der Waals surface area contributed by atoms with E-state index in [4.69, 9.17) is 5.26 Å². The smallest absolute Gasteiger partial charge is 0.239 e. The Bertz CT molecular complexity index is 561. The molecule has 124 valence electrons. The molecule has 0 unspecified atom stereocenters. The van der Waals surface area contributed by atoms with Gasteiger partial charge in [0.25, 0.3) is 0 Å². The molecule has 0 bridgehead atoms. The zero-order valence-electron chi connectivity index (χ0n) is 14.3. The lowest BCUT2D eigenvalue weighted by Crippen LogP contribution is -2.46. The summed E-state index contributed by atoms with van der Waals surface area (Å²) >= 11 is 0. The number of benzene rings is 1. The number of rotatable bonds is 4. The van der Waals surface area contributed by atoms with Gasteiger partial charge in [-0.1, -0.05) is 12.1 Å². The highest BCUT2D eigenvalue weighted by Gasteiger charge is 2.24. The molecular weight excluding hydrogens is 288 g/mol. The average Bonchev–Trinajstić information content (AvgIpc) is 2.79. The topological polar surface area (TPSA) is 50.6 Å². The molecule has 0 aliphatic carbocycles. The molecular formula is C18H26N4O. The predicted molar refractivity (Wildman–Crippen MR) is 90.8 cm³/mol. The van der Waals surface area contributed by atoms with Crippen LogP contribution >= 0.6 is 0 Å². The first-order valence-corrected chi connectivity index (χ1v) is 8.18. The first kappa shape index (κ1) is 17.5. The lowest BCUT2D eigenvalue weighted by molar-refractivity contribution is -0.133. The Balaban J connectivity index is 1.90. The van der Waals surface area contributed by atoms with Crippen LogP contribution in [0.1, 0.15) is 24.5 Å². The Morgan fingerprint density at radius 2 is 1.91 bits per heavy atom. The van der Waals surface area contributed by atoms with E-state index in [1.165, 1.54) is 5.56 Å². The van der Waals surface area contributed by atoms with Crippen molar-refractivity contribution in [2.75, 3.05) is 40.3 Å². The molecule has 1 aromatic rings. The van der Waals surface area contributed by atoms with Crippen LogP contribution in [0.25, 0.3) is 0 Å². The third-order valence-electron chi connectivity index (χ3n) is 4.46. The van der Waals surface area contributed by atoms with Gasteiger partial charge < -0.3 is 4.90 Å². The minimum Gasteiger partial charge on any atom is -0.347 e. The van der Waals surface area contributed by atoms with Gasteiger partial charge in [-0.25, -0.2) is 0 Å². The fourth-order valence-corrected chi connectivity index (χ4v) is 3.01. The summed E-state index contributed by atoms with van der Waals surface area (Å²) in [7, 11) is 3.63. The summed E-state index contributed by atoms with van der Waals surface area (Å²) in [5.74, 6) is 0.172. The van der Waals surface area contributed by atoms with E-state index >= 15 is 0 Å². The largest absolute Gasteiger partial charge is 0.347 e. The van der Waals surface area contributed by atoms with Gasteiger partial charge in [-0.15, -0.1) is 0 Å². The van der Waals surface area contributed by atoms with E-state index in [0.29, 0.717) is 5.56 Å². The SMILES string of the molecule is C[C@@H](C(=O)N(C)C)N1CCCN(Cc2ccc(C#N)cc2)CC1. The maximum absolute atomic E-state index is 12.1. The van der Waals surface area contributed by atoms with Gasteiger partial charge in [-0.3, -0.25) is 14.6 Å². The summed E-state index contributed by atoms with van der Waals surface area (Å²) in [4.78, 5) is 18.5. The summed E-state index contributed by atoms with van der Waals surface area (Å²) in [6.07, 6.45) is 1.07. The van der Waals surface area contributed by atoms with Crippen LogP contribution in [0.5, 0.6) is 0 Å². The maximum Gasteiger partial charge on any atom is 0.239 e. The second kappa shape index (κ2) is 8.09. The van der Waals surface area contributed by atoms with Crippen molar-refractivity contribution < 1.29 is 4.79 Å². The Morgan fingerprint density at radius 1 is 1.22 bits per heavy atom. The van der Waals surface area contributed by atoms with Crippen LogP contribution in [0, 0.1) is 11.3 Å². The number of carbonyl (C=O) groups is 1. The Kier molecular flexibility index (Phi) is 6.14. The van der Waals surface area contributed by atoms with Gasteiger partial charge in [-0.2, -0.15) is 5.26 Å². The van der Waals surface area contributed by atoms with Crippen molar-refractivity contribution in [1.82, 2.24) is 14.7 Å². The molecule has 5 heteroatoms. The van der Waals surface area contributed by atoms with E-state index < -0.39 is 0 Å². The number of hydrogen-bond donors (Lipinski definition) is 0. The molecule has 1 amide bonds. The van der Waals surface area contributed by atoms with E-state index in [0.717, 1.165) is 39.1 Å². The van der Waals surface area contributed by atoms with Crippen molar-refractivity contribution in [3.8, 4) is 6.07 Å². The molecule has 0 spiro atoms. The van der Waals surface area contributed by atoms with Crippen LogP contribution in [0.2, 0.25) is 0 Å². The van der Waals surface area contributed by atoms with Gasteiger partial charge in [0.15, 0.2) is 0 Å². The predicted octanol–water partition coefficient (Wildman–Crippen LogP) is 1.54. The zero-order chi connectivity index (χ0) is 16.8. The van der Waals surface area contributed by atoms with Crippen molar-refractivity contribution in [3.63, 3.8) is 0 Å². The Morgan fingerprint density at radius 3 is 2.52 bits per heavy atom. The second-order valence-electron chi connectivity index (χ2n) is 6.38. The molecule has 0 saturated carbocycles. The highest BCUT2D eigenvalue weighted by molar-refractivity contribution is 5.80. The summed E-state index contributed by atoms with van der Waals surface area (Å²) < 4.78 is 0. The fourth-order valence-electron chi connectivity index (χ4n) is 3.01. The van der Waals surface area contributed by atoms with E-state index in [1.807, 2.05) is 45.3 Å². The van der Waals surface area contributed by atoms with E-state index in [2.05, 4.69) is 15.9 Å². The standard InChI is InChI=1S/C18H26N4O/c1-15(18(23)20(2)3)22-10-4-9-21(11-12-22)14-17-7-5-16(13-19)6-8-17/h5-8,15H,4,9-12,14H2,1-3H3/t15-/m0/s1. The molecule has 1 aromatic carbocycles. The van der Waals surface area contributed by atoms with E-state index in [1.54, 1.807) is 4.90 Å². The molecule has 0 aromatic heterocycles. The molecule has 1 aliphatic rings. The molecule has 0 N–H and O–H groups in total. The average molecular weight is 314 g/mol. The minimum absolute atomic E-state index is 0.0557. The molecule has 23 heavy (non-hydrogen) atoms. The monoisotopic (exact) mass is 314 g/mol. The molecule has 1 aliphatic heterocycles. The van der Waals surface area contributed by atoms with Gasteiger partial charge in [-0.05, 0) is 37.6 Å². The van der Waals surface area contributed by atoms with Gasteiger partial charge >= 0.3 is 0 Å². The normalized spacial score (nSPS) is 18.0. The third kappa shape index (κ3) is 4.78. The number of likely N-dealkylation sites (N-methyl/N-ethyl adjacent to an activating group) is 1. The van der Waals surface area contributed by atoms with Gasteiger partial charge in [0.2, 0.25) is 5.91 Å². The van der Waals surface area contributed by atoms with Crippen molar-refractivity contribution >= 4 is 5.91 Å². The zero-order valence-corrected chi connectivity index (χ0v) is 14.3. The van der Waals surface area contributed by atoms with Crippen LogP contribution in [0.4, 0.5) is 0 Å². The molecule has 5 nitrogen and oxygen atoms in total. The summed E-state index contributed by atoms with van der Waals surface area (Å²) in [5.41, 5.74) is 1.93. The highest BCUT2D eigenvalue weighted by atomic mass is 16.2. The van der Waals surface area contributed by atoms with Gasteiger partial charge in [0, 0.05) is 40.3 Å². The molecule has 1 atom stereocenters. The van der Waals surface area contributed by atoms with Crippen molar-refractivity contribution in [1.29, 1.82) is 5.26 Å². The summed E-state index contributed by atoms with van der Waals surface area (Å²) in [5, 5.41) is 8.86. The van der Waals surface area contributed by atoms with Gasteiger partial charge in [0.05, 0.1) is 17.7 Å². The number of nitriles is 1. The van der Waals surface area contributed by atoms with Crippen molar-refractivity contribution in [2.45, 2.75) is 25.9 Å². The van der Waals surface area contributed by atoms with E-state index in [-0.39, 0.29) is 11.9 Å². The first-order chi connectivity index (χ1) is 11.0. The van der Waals surface area contributed by atoms with Crippen LogP contribution in [-0.2, 0) is 11.3 Å². The van der Waals surface area contributed by atoms with E-state index in [9.17, 15) is 4.79 Å². The van der Waals surface area contributed by atoms with Crippen LogP contribution < -0.4 is 0 Å². The molecule has 0 radical (unpaired) electrons. The van der Waals surface area contributed by atoms with Gasteiger partial charge in [0.1, 0.15) is 0 Å². The molecule has 1 fully saturated rings. The van der Waals surface area contributed by atoms with Crippen molar-refractivity contribution in [2.24, 2.45) is 0 Å². The summed E-state index contributed by atoms with van der Waals surface area (Å²) in [6.45, 7) is 6.78. The summed E-state index contributed by atoms with van der Waals surface area (Å²) in [6, 6.07) is 9.89. The quantitative estimate of drug-likeness (QED) is 0.846. The number of amides is 1. The minimum atomic E-state index is -0.0557. The molecule has 1 saturated heterocycles. The second-order valence-corrected chi connectivity index (χ2v) is 6.38. The number of carbonyl (C=O) groups excluding carboxylic acids is 1. The maximum atomic E-state index is 12.1. The van der Waals surface area contributed by atoms with Crippen LogP contribution in [0.3, 0.4) is 0 Å². The third-order valence-corrected chi connectivity index (χ3v) is 4.46. The number of nitrogens with zero attached hydrogens (tertiary/aromatic N) is 4. The highest BCUT2D eigenvalue weighted by Crippen LogP contribution is 2.12. The van der Waals surface area contributed by atoms with Crippen LogP contribution in [-0.4, -0.2) is 66.9 Å². The lowest BCUT2D eigenvalue weighted by atomic mass is 10.1. The lowest BCUT2D eigenvalue weighted by Gasteiger charge is -2.28. The molecule has 2 rings (SSSR count). The van der Waals surface area contributed by atoms with Crippen molar-refractivity contribution in [3.05, 3.63) is 35.4 Å². The Hall–Kier alpha value is -1.90. The Labute approximate surface area is 139 Å². The first-order valence-electron chi connectivity index (χ1n) is 8.18. The fraction of sp³-hybridized carbons (Fsp3) is 0.556. The van der Waals surface area contributed by atoms with Crippen LogP contribution in [0.15, 0.2) is 24.3 Å². The molecule has 1 heterocycles.